The van der Waals surface area contributed by atoms with E-state index in [-0.39, 0.29) is 16.3 Å². The zero-order chi connectivity index (χ0) is 21.5. The molecule has 0 spiro atoms. The van der Waals surface area contributed by atoms with Gasteiger partial charge in [-0.2, -0.15) is 13.2 Å². The average molecular weight is 431 g/mol. The molecule has 0 aliphatic carbocycles. The fraction of sp³-hybridized carbons (Fsp3) is 0.143. The number of rotatable bonds is 4. The summed E-state index contributed by atoms with van der Waals surface area (Å²) in [5, 5.41) is 3.68. The van der Waals surface area contributed by atoms with Gasteiger partial charge in [-0.3, -0.25) is 4.79 Å². The maximum absolute atomic E-state index is 13.2. The number of nitrogens with zero attached hydrogens (tertiary/aromatic N) is 1. The second kappa shape index (κ2) is 7.49. The van der Waals surface area contributed by atoms with Crippen LogP contribution in [0.25, 0.3) is 21.1 Å². The van der Waals surface area contributed by atoms with Crippen molar-refractivity contribution in [1.82, 2.24) is 4.98 Å². The van der Waals surface area contributed by atoms with E-state index in [0.29, 0.717) is 28.1 Å². The number of nitrogen functional groups attached to an aromatic ring is 1. The van der Waals surface area contributed by atoms with Crippen LogP contribution < -0.4 is 15.8 Å². The SMILES string of the molecule is CCOc1ccc2nc3sc(C(=O)Nc4ccccc4C(F)(F)F)c(N)c3cc2c1. The number of hydrogen-bond donors (Lipinski definition) is 2. The molecule has 2 heterocycles. The molecular weight excluding hydrogens is 415 g/mol. The summed E-state index contributed by atoms with van der Waals surface area (Å²) in [4.78, 5) is 17.9. The van der Waals surface area contributed by atoms with Gasteiger partial charge in [-0.05, 0) is 43.3 Å². The van der Waals surface area contributed by atoms with Gasteiger partial charge in [-0.1, -0.05) is 12.1 Å². The van der Waals surface area contributed by atoms with Crippen LogP contribution >= 0.6 is 11.3 Å². The van der Waals surface area contributed by atoms with Crippen LogP contribution in [-0.2, 0) is 6.18 Å². The molecule has 0 saturated carbocycles. The van der Waals surface area contributed by atoms with Gasteiger partial charge in [0.05, 0.1) is 29.1 Å². The number of aromatic nitrogens is 1. The zero-order valence-electron chi connectivity index (χ0n) is 15.7. The number of anilines is 2. The second-order valence-electron chi connectivity index (χ2n) is 6.47. The molecule has 0 aliphatic rings. The first-order valence-corrected chi connectivity index (χ1v) is 9.82. The molecule has 0 bridgehead atoms. The monoisotopic (exact) mass is 431 g/mol. The number of benzene rings is 2. The number of halogens is 3. The van der Waals surface area contributed by atoms with Crippen molar-refractivity contribution in [1.29, 1.82) is 0 Å². The lowest BCUT2D eigenvalue weighted by molar-refractivity contribution is -0.136. The minimum atomic E-state index is -4.59. The van der Waals surface area contributed by atoms with E-state index in [0.717, 1.165) is 22.8 Å². The van der Waals surface area contributed by atoms with Gasteiger partial charge in [-0.25, -0.2) is 4.98 Å². The molecule has 4 aromatic rings. The molecule has 2 aromatic heterocycles. The van der Waals surface area contributed by atoms with E-state index in [1.165, 1.54) is 18.2 Å². The Morgan fingerprint density at radius 3 is 2.70 bits per heavy atom. The quantitative estimate of drug-likeness (QED) is 0.434. The molecule has 4 rings (SSSR count). The molecule has 154 valence electrons. The molecule has 5 nitrogen and oxygen atoms in total. The molecule has 0 atom stereocenters. The summed E-state index contributed by atoms with van der Waals surface area (Å²) in [6.07, 6.45) is -4.59. The average Bonchev–Trinajstić information content (AvgIpc) is 3.02. The molecule has 1 amide bonds. The van der Waals surface area contributed by atoms with Crippen LogP contribution in [0.4, 0.5) is 24.5 Å². The topological polar surface area (TPSA) is 77.2 Å². The van der Waals surface area contributed by atoms with Gasteiger partial charge in [0.25, 0.3) is 5.91 Å². The number of hydrogen-bond acceptors (Lipinski definition) is 5. The largest absolute Gasteiger partial charge is 0.494 e. The van der Waals surface area contributed by atoms with Crippen LogP contribution in [0.3, 0.4) is 0 Å². The molecule has 2 aromatic carbocycles. The van der Waals surface area contributed by atoms with Gasteiger partial charge in [0, 0.05) is 10.8 Å². The molecule has 0 unspecified atom stereocenters. The number of fused-ring (bicyclic) bond motifs is 2. The Kier molecular flexibility index (Phi) is 4.98. The Labute approximate surface area is 173 Å². The van der Waals surface area contributed by atoms with Crippen molar-refractivity contribution in [3.05, 3.63) is 59.0 Å². The van der Waals surface area contributed by atoms with E-state index in [2.05, 4.69) is 10.3 Å². The van der Waals surface area contributed by atoms with Crippen molar-refractivity contribution in [3.63, 3.8) is 0 Å². The van der Waals surface area contributed by atoms with E-state index in [1.807, 2.05) is 13.0 Å². The Balaban J connectivity index is 1.73. The summed E-state index contributed by atoms with van der Waals surface area (Å²) >= 11 is 1.03. The van der Waals surface area contributed by atoms with Gasteiger partial charge < -0.3 is 15.8 Å². The van der Waals surface area contributed by atoms with Crippen LogP contribution in [-0.4, -0.2) is 17.5 Å². The summed E-state index contributed by atoms with van der Waals surface area (Å²) < 4.78 is 45.1. The van der Waals surface area contributed by atoms with Crippen molar-refractivity contribution < 1.29 is 22.7 Å². The van der Waals surface area contributed by atoms with Gasteiger partial charge >= 0.3 is 6.18 Å². The molecule has 9 heteroatoms. The predicted octanol–water partition coefficient (Wildman–Crippen LogP) is 5.70. The summed E-state index contributed by atoms with van der Waals surface area (Å²) in [6.45, 7) is 2.40. The fourth-order valence-electron chi connectivity index (χ4n) is 3.13. The number of alkyl halides is 3. The third-order valence-corrected chi connectivity index (χ3v) is 5.60. The van der Waals surface area contributed by atoms with Crippen LogP contribution in [0.15, 0.2) is 48.5 Å². The van der Waals surface area contributed by atoms with Crippen molar-refractivity contribution in [2.75, 3.05) is 17.7 Å². The number of thiophene rings is 1. The van der Waals surface area contributed by atoms with Crippen LogP contribution in [0.1, 0.15) is 22.2 Å². The van der Waals surface area contributed by atoms with Crippen LogP contribution in [0.5, 0.6) is 5.75 Å². The predicted molar refractivity (Wildman–Crippen MR) is 112 cm³/mol. The maximum Gasteiger partial charge on any atom is 0.418 e. The van der Waals surface area contributed by atoms with Crippen LogP contribution in [0.2, 0.25) is 0 Å². The first-order valence-electron chi connectivity index (χ1n) is 9.01. The second-order valence-corrected chi connectivity index (χ2v) is 7.47. The highest BCUT2D eigenvalue weighted by Gasteiger charge is 2.34. The highest BCUT2D eigenvalue weighted by Crippen LogP contribution is 2.38. The lowest BCUT2D eigenvalue weighted by atomic mass is 10.1. The van der Waals surface area contributed by atoms with E-state index < -0.39 is 17.6 Å². The van der Waals surface area contributed by atoms with Crippen molar-refractivity contribution in [2.24, 2.45) is 0 Å². The third kappa shape index (κ3) is 3.63. The number of carbonyl (C=O) groups is 1. The minimum absolute atomic E-state index is 0.106. The van der Waals surface area contributed by atoms with Crippen molar-refractivity contribution in [2.45, 2.75) is 13.1 Å². The number of pyridine rings is 1. The molecule has 0 fully saturated rings. The molecule has 3 N–H and O–H groups in total. The standard InChI is InChI=1S/C21H16F3N3O2S/c1-2-29-12-7-8-15-11(9-12)10-13-17(25)18(30-20(13)27-15)19(28)26-16-6-4-3-5-14(16)21(22,23)24/h3-10H,2,25H2,1H3,(H,26,28). The molecule has 30 heavy (non-hydrogen) atoms. The highest BCUT2D eigenvalue weighted by molar-refractivity contribution is 7.21. The lowest BCUT2D eigenvalue weighted by Crippen LogP contribution is -2.16. The summed E-state index contributed by atoms with van der Waals surface area (Å²) in [5.74, 6) is -0.0343. The Bertz CT molecular complexity index is 1270. The minimum Gasteiger partial charge on any atom is -0.494 e. The zero-order valence-corrected chi connectivity index (χ0v) is 16.5. The van der Waals surface area contributed by atoms with E-state index in [1.54, 1.807) is 18.2 Å². The Morgan fingerprint density at radius 1 is 1.20 bits per heavy atom. The Hall–Kier alpha value is -3.33. The first kappa shape index (κ1) is 20.0. The van der Waals surface area contributed by atoms with E-state index in [4.69, 9.17) is 10.5 Å². The number of para-hydroxylation sites is 1. The lowest BCUT2D eigenvalue weighted by Gasteiger charge is -2.13. The number of nitrogens with one attached hydrogen (secondary N) is 1. The van der Waals surface area contributed by atoms with Crippen molar-refractivity contribution in [3.8, 4) is 5.75 Å². The van der Waals surface area contributed by atoms with Crippen molar-refractivity contribution >= 4 is 49.7 Å². The van der Waals surface area contributed by atoms with Gasteiger partial charge in [0.2, 0.25) is 0 Å². The molecule has 0 aliphatic heterocycles. The number of ether oxygens (including phenoxy) is 1. The molecular formula is C21H16F3N3O2S. The van der Waals surface area contributed by atoms with Gasteiger partial charge in [-0.15, -0.1) is 11.3 Å². The normalized spacial score (nSPS) is 11.7. The van der Waals surface area contributed by atoms with Crippen LogP contribution in [0, 0.1) is 0 Å². The number of carbonyl (C=O) groups excluding carboxylic acids is 1. The third-order valence-electron chi connectivity index (χ3n) is 4.48. The number of amides is 1. The maximum atomic E-state index is 13.2. The van der Waals surface area contributed by atoms with E-state index in [9.17, 15) is 18.0 Å². The summed E-state index contributed by atoms with van der Waals surface area (Å²) in [7, 11) is 0. The summed E-state index contributed by atoms with van der Waals surface area (Å²) in [5.41, 5.74) is 5.78. The number of nitrogens with two attached hydrogens (primary N) is 1. The summed E-state index contributed by atoms with van der Waals surface area (Å²) in [6, 6.07) is 12.0. The van der Waals surface area contributed by atoms with Gasteiger partial charge in [0.1, 0.15) is 15.5 Å². The van der Waals surface area contributed by atoms with E-state index >= 15 is 0 Å². The van der Waals surface area contributed by atoms with Gasteiger partial charge in [0.15, 0.2) is 0 Å². The molecule has 0 radical (unpaired) electrons. The Morgan fingerprint density at radius 2 is 1.97 bits per heavy atom. The fourth-order valence-corrected chi connectivity index (χ4v) is 4.10. The first-order chi connectivity index (χ1) is 14.3. The smallest absolute Gasteiger partial charge is 0.418 e. The highest BCUT2D eigenvalue weighted by atomic mass is 32.1. The molecule has 0 saturated heterocycles.